The Morgan fingerprint density at radius 3 is 2.94 bits per heavy atom. The lowest BCUT2D eigenvalue weighted by molar-refractivity contribution is -0.384. The van der Waals surface area contributed by atoms with E-state index in [2.05, 4.69) is 15.6 Å². The minimum Gasteiger partial charge on any atom is -0.364 e. The van der Waals surface area contributed by atoms with E-state index in [-0.39, 0.29) is 17.1 Å². The molecule has 0 aliphatic heterocycles. The Labute approximate surface area is 105 Å². The van der Waals surface area contributed by atoms with Gasteiger partial charge in [-0.1, -0.05) is 6.92 Å². The molecule has 0 fully saturated rings. The van der Waals surface area contributed by atoms with Crippen LogP contribution in [0.5, 0.6) is 0 Å². The summed E-state index contributed by atoms with van der Waals surface area (Å²) in [5.74, 6) is 0.149. The van der Waals surface area contributed by atoms with Gasteiger partial charge in [-0.25, -0.2) is 4.98 Å². The molecule has 96 valence electrons. The molecule has 1 aromatic rings. The predicted molar refractivity (Wildman–Crippen MR) is 67.3 cm³/mol. The van der Waals surface area contributed by atoms with E-state index in [1.807, 2.05) is 6.92 Å². The monoisotopic (exact) mass is 249 g/mol. The smallest absolute Gasteiger partial charge is 0.328 e. The van der Waals surface area contributed by atoms with E-state index in [1.165, 1.54) is 12.3 Å². The van der Waals surface area contributed by atoms with Crippen molar-refractivity contribution in [3.8, 4) is 6.07 Å². The average Bonchev–Trinajstić information content (AvgIpc) is 2.37. The van der Waals surface area contributed by atoms with E-state index >= 15 is 0 Å². The third-order valence-electron chi connectivity index (χ3n) is 2.30. The zero-order valence-electron chi connectivity index (χ0n) is 10.1. The lowest BCUT2D eigenvalue weighted by atomic mass is 10.2. The molecule has 2 N–H and O–H groups in total. The summed E-state index contributed by atoms with van der Waals surface area (Å²) in [6.07, 6.45) is 2.21. The molecule has 0 unspecified atom stereocenters. The molecule has 0 saturated heterocycles. The van der Waals surface area contributed by atoms with Gasteiger partial charge in [0.05, 0.1) is 4.92 Å². The predicted octanol–water partition coefficient (Wildman–Crippen LogP) is 1.27. The van der Waals surface area contributed by atoms with Crippen LogP contribution in [0, 0.1) is 21.4 Å². The summed E-state index contributed by atoms with van der Waals surface area (Å²) >= 11 is 0. The third-order valence-corrected chi connectivity index (χ3v) is 2.30. The summed E-state index contributed by atoms with van der Waals surface area (Å²) in [5, 5.41) is 25.7. The Morgan fingerprint density at radius 2 is 2.33 bits per heavy atom. The van der Waals surface area contributed by atoms with Gasteiger partial charge in [-0.15, -0.1) is 0 Å². The van der Waals surface area contributed by atoms with Crippen LogP contribution in [0.4, 0.5) is 11.5 Å². The van der Waals surface area contributed by atoms with Crippen LogP contribution in [0.3, 0.4) is 0 Å². The van der Waals surface area contributed by atoms with E-state index in [1.54, 1.807) is 6.07 Å². The first-order chi connectivity index (χ1) is 8.70. The maximum atomic E-state index is 10.9. The van der Waals surface area contributed by atoms with Crippen molar-refractivity contribution in [2.45, 2.75) is 13.3 Å². The second kappa shape index (κ2) is 7.19. The Balaban J connectivity index is 2.71. The summed E-state index contributed by atoms with van der Waals surface area (Å²) < 4.78 is 0. The molecule has 0 bridgehead atoms. The molecule has 7 heteroatoms. The van der Waals surface area contributed by atoms with Gasteiger partial charge in [-0.05, 0) is 25.6 Å². The molecule has 1 aromatic heterocycles. The number of anilines is 1. The van der Waals surface area contributed by atoms with Gasteiger partial charge in [0.25, 0.3) is 0 Å². The zero-order chi connectivity index (χ0) is 13.4. The normalized spacial score (nSPS) is 9.78. The van der Waals surface area contributed by atoms with Gasteiger partial charge in [-0.3, -0.25) is 10.1 Å². The van der Waals surface area contributed by atoms with Crippen molar-refractivity contribution in [3.63, 3.8) is 0 Å². The summed E-state index contributed by atoms with van der Waals surface area (Å²) in [4.78, 5) is 14.2. The fourth-order valence-electron chi connectivity index (χ4n) is 1.46. The Kier molecular flexibility index (Phi) is 5.54. The molecule has 0 saturated carbocycles. The Morgan fingerprint density at radius 1 is 1.56 bits per heavy atom. The standard InChI is InChI=1S/C11H15N5O2/c1-2-13-5-3-6-14-11-10(16(17)18)9(8-12)4-7-15-11/h4,7,13H,2-3,5-6H2,1H3,(H,14,15). The van der Waals surface area contributed by atoms with Crippen LogP contribution in [0.1, 0.15) is 18.9 Å². The molecular weight excluding hydrogens is 234 g/mol. The molecular formula is C11H15N5O2. The summed E-state index contributed by atoms with van der Waals surface area (Å²) in [5.41, 5.74) is -0.243. The minimum absolute atomic E-state index is 0.0178. The van der Waals surface area contributed by atoms with Crippen molar-refractivity contribution < 1.29 is 4.92 Å². The van der Waals surface area contributed by atoms with Gasteiger partial charge in [0, 0.05) is 12.7 Å². The summed E-state index contributed by atoms with van der Waals surface area (Å²) in [6.45, 7) is 4.30. The molecule has 1 rings (SSSR count). The lowest BCUT2D eigenvalue weighted by Gasteiger charge is -2.06. The summed E-state index contributed by atoms with van der Waals surface area (Å²) in [6, 6.07) is 3.13. The quantitative estimate of drug-likeness (QED) is 0.428. The van der Waals surface area contributed by atoms with Crippen LogP contribution in [0.2, 0.25) is 0 Å². The Hall–Kier alpha value is -2.20. The number of pyridine rings is 1. The fourth-order valence-corrected chi connectivity index (χ4v) is 1.46. The first-order valence-corrected chi connectivity index (χ1v) is 5.68. The van der Waals surface area contributed by atoms with Crippen LogP contribution in [0.25, 0.3) is 0 Å². The first kappa shape index (κ1) is 13.9. The number of nitrogens with zero attached hydrogens (tertiary/aromatic N) is 3. The summed E-state index contributed by atoms with van der Waals surface area (Å²) in [7, 11) is 0. The number of nitriles is 1. The highest BCUT2D eigenvalue weighted by molar-refractivity contribution is 5.63. The molecule has 0 spiro atoms. The van der Waals surface area contributed by atoms with Crippen molar-refractivity contribution in [1.29, 1.82) is 5.26 Å². The maximum Gasteiger partial charge on any atom is 0.328 e. The topological polar surface area (TPSA) is 104 Å². The van der Waals surface area contributed by atoms with Crippen LogP contribution in [0.15, 0.2) is 12.3 Å². The molecule has 1 heterocycles. The van der Waals surface area contributed by atoms with Gasteiger partial charge in [0.1, 0.15) is 11.6 Å². The maximum absolute atomic E-state index is 10.9. The molecule has 0 atom stereocenters. The molecule has 0 aromatic carbocycles. The number of hydrogen-bond donors (Lipinski definition) is 2. The van der Waals surface area contributed by atoms with E-state index in [0.717, 1.165) is 19.5 Å². The molecule has 0 aliphatic carbocycles. The zero-order valence-corrected chi connectivity index (χ0v) is 10.1. The van der Waals surface area contributed by atoms with E-state index in [9.17, 15) is 10.1 Å². The Bertz CT molecular complexity index is 455. The van der Waals surface area contributed by atoms with E-state index < -0.39 is 4.92 Å². The highest BCUT2D eigenvalue weighted by atomic mass is 16.6. The molecule has 0 radical (unpaired) electrons. The van der Waals surface area contributed by atoms with E-state index in [0.29, 0.717) is 6.54 Å². The minimum atomic E-state index is -0.585. The average molecular weight is 249 g/mol. The van der Waals surface area contributed by atoms with Crippen molar-refractivity contribution in [1.82, 2.24) is 10.3 Å². The molecule has 0 amide bonds. The van der Waals surface area contributed by atoms with Crippen molar-refractivity contribution in [3.05, 3.63) is 27.9 Å². The van der Waals surface area contributed by atoms with Gasteiger partial charge in [0.2, 0.25) is 5.82 Å². The fraction of sp³-hybridized carbons (Fsp3) is 0.455. The first-order valence-electron chi connectivity index (χ1n) is 5.68. The number of rotatable bonds is 7. The molecule has 18 heavy (non-hydrogen) atoms. The second-order valence-electron chi connectivity index (χ2n) is 3.56. The lowest BCUT2D eigenvalue weighted by Crippen LogP contribution is -2.17. The largest absolute Gasteiger partial charge is 0.364 e. The highest BCUT2D eigenvalue weighted by Gasteiger charge is 2.20. The van der Waals surface area contributed by atoms with E-state index in [4.69, 9.17) is 5.26 Å². The van der Waals surface area contributed by atoms with Gasteiger partial charge in [-0.2, -0.15) is 5.26 Å². The number of aromatic nitrogens is 1. The van der Waals surface area contributed by atoms with Gasteiger partial charge < -0.3 is 10.6 Å². The third kappa shape index (κ3) is 3.68. The number of nitro groups is 1. The molecule has 0 aliphatic rings. The van der Waals surface area contributed by atoms with Gasteiger partial charge >= 0.3 is 5.69 Å². The van der Waals surface area contributed by atoms with Crippen LogP contribution >= 0.6 is 0 Å². The van der Waals surface area contributed by atoms with Crippen LogP contribution in [-0.4, -0.2) is 29.5 Å². The highest BCUT2D eigenvalue weighted by Crippen LogP contribution is 2.25. The molecule has 7 nitrogen and oxygen atoms in total. The van der Waals surface area contributed by atoms with Crippen LogP contribution < -0.4 is 10.6 Å². The van der Waals surface area contributed by atoms with Gasteiger partial charge in [0.15, 0.2) is 0 Å². The number of hydrogen-bond acceptors (Lipinski definition) is 6. The van der Waals surface area contributed by atoms with Crippen molar-refractivity contribution in [2.75, 3.05) is 25.0 Å². The SMILES string of the molecule is CCNCCCNc1nccc(C#N)c1[N+](=O)[O-]. The number of nitrogens with one attached hydrogen (secondary N) is 2. The van der Waals surface area contributed by atoms with Crippen molar-refractivity contribution in [2.24, 2.45) is 0 Å². The van der Waals surface area contributed by atoms with Crippen LogP contribution in [-0.2, 0) is 0 Å². The van der Waals surface area contributed by atoms with Crippen molar-refractivity contribution >= 4 is 11.5 Å². The second-order valence-corrected chi connectivity index (χ2v) is 3.56.